The average Bonchev–Trinajstić information content (AvgIpc) is 0.965. The molecule has 5 unspecified atom stereocenters. The van der Waals surface area contributed by atoms with Crippen molar-refractivity contribution in [3.63, 3.8) is 0 Å². The van der Waals surface area contributed by atoms with Crippen LogP contribution >= 0.6 is 15.6 Å². The normalized spacial score (nSPS) is 14.3. The van der Waals surface area contributed by atoms with E-state index in [-0.39, 0.29) is 25.7 Å². The SMILES string of the molecule is CC/C=C\C/C=C\C/C=C\C/C=C\CCCCCCC(=O)OCC(COP(=O)(O)OCC(O)COP(=O)(O)OCC(COC(=O)CCCCCCC/C=C\C/C=C\CCCCC)OC(=O)CCCCCCCCCCCCCCCCC)OC(=O)CCCCCCCCCCCCCCC. The lowest BCUT2D eigenvalue weighted by Gasteiger charge is -2.21. The minimum absolute atomic E-state index is 0.0943. The Bertz CT molecular complexity index is 2180. The Morgan fingerprint density at radius 3 is 0.820 bits per heavy atom. The molecule has 0 fully saturated rings. The predicted molar refractivity (Wildman–Crippen MR) is 409 cm³/mol. The van der Waals surface area contributed by atoms with Crippen LogP contribution in [0.1, 0.15) is 362 Å². The lowest BCUT2D eigenvalue weighted by atomic mass is 10.0. The molecule has 0 aromatic heterocycles. The van der Waals surface area contributed by atoms with Crippen LogP contribution in [-0.4, -0.2) is 96.7 Å². The van der Waals surface area contributed by atoms with Gasteiger partial charge in [0.05, 0.1) is 26.4 Å². The quantitative estimate of drug-likeness (QED) is 0.0169. The van der Waals surface area contributed by atoms with Crippen LogP contribution in [-0.2, 0) is 65.4 Å². The molecule has 0 aromatic carbocycles. The highest BCUT2D eigenvalue weighted by molar-refractivity contribution is 7.47. The van der Waals surface area contributed by atoms with Crippen molar-refractivity contribution in [3.05, 3.63) is 72.9 Å². The van der Waals surface area contributed by atoms with Gasteiger partial charge < -0.3 is 33.8 Å². The molecule has 3 N–H and O–H groups in total. The minimum atomic E-state index is -4.97. The van der Waals surface area contributed by atoms with Gasteiger partial charge in [0.25, 0.3) is 0 Å². The maximum absolute atomic E-state index is 13.1. The molecule has 0 aromatic rings. The second-order valence-corrected chi connectivity index (χ2v) is 29.9. The first-order valence-electron chi connectivity index (χ1n) is 40.2. The summed E-state index contributed by atoms with van der Waals surface area (Å²) in [5.74, 6) is -2.18. The first-order chi connectivity index (χ1) is 48.7. The molecule has 5 atom stereocenters. The van der Waals surface area contributed by atoms with Crippen LogP contribution in [0.3, 0.4) is 0 Å². The highest BCUT2D eigenvalue weighted by atomic mass is 31.2. The highest BCUT2D eigenvalue weighted by Gasteiger charge is 2.30. The van der Waals surface area contributed by atoms with Crippen molar-refractivity contribution in [1.29, 1.82) is 0 Å². The molecule has 0 aliphatic rings. The molecule has 582 valence electrons. The van der Waals surface area contributed by atoms with Crippen LogP contribution in [0.4, 0.5) is 0 Å². The maximum Gasteiger partial charge on any atom is 0.472 e. The van der Waals surface area contributed by atoms with Gasteiger partial charge in [-0.1, -0.05) is 312 Å². The zero-order valence-electron chi connectivity index (χ0n) is 63.6. The average molecular weight is 1450 g/mol. The van der Waals surface area contributed by atoms with Crippen molar-refractivity contribution in [2.45, 2.75) is 380 Å². The van der Waals surface area contributed by atoms with E-state index in [4.69, 9.17) is 37.0 Å². The number of esters is 4. The summed E-state index contributed by atoms with van der Waals surface area (Å²) in [4.78, 5) is 73.0. The van der Waals surface area contributed by atoms with Crippen LogP contribution < -0.4 is 0 Å². The number of unbranched alkanes of at least 4 members (excludes halogenated alkanes) is 38. The van der Waals surface area contributed by atoms with E-state index in [0.717, 1.165) is 148 Å². The lowest BCUT2D eigenvalue weighted by molar-refractivity contribution is -0.161. The van der Waals surface area contributed by atoms with Crippen LogP contribution in [0.15, 0.2) is 72.9 Å². The molecule has 0 radical (unpaired) electrons. The molecular weight excluding hydrogens is 1310 g/mol. The first kappa shape index (κ1) is 96.5. The highest BCUT2D eigenvalue weighted by Crippen LogP contribution is 2.45. The maximum atomic E-state index is 13.1. The summed E-state index contributed by atoms with van der Waals surface area (Å²) in [6.45, 7) is 4.76. The number of carbonyl (C=O) groups is 4. The summed E-state index contributed by atoms with van der Waals surface area (Å²) in [5, 5.41) is 10.6. The predicted octanol–water partition coefficient (Wildman–Crippen LogP) is 23.2. The molecule has 0 bridgehead atoms. The third-order valence-corrected chi connectivity index (χ3v) is 19.1. The second-order valence-electron chi connectivity index (χ2n) is 27.0. The van der Waals surface area contributed by atoms with Gasteiger partial charge in [0.1, 0.15) is 19.3 Å². The summed E-state index contributed by atoms with van der Waals surface area (Å²) >= 11 is 0. The molecule has 0 aliphatic carbocycles. The molecule has 17 nitrogen and oxygen atoms in total. The monoisotopic (exact) mass is 1450 g/mol. The number of phosphoric ester groups is 2. The van der Waals surface area contributed by atoms with Gasteiger partial charge in [0, 0.05) is 25.7 Å². The van der Waals surface area contributed by atoms with Crippen molar-refractivity contribution >= 4 is 39.5 Å². The number of allylic oxidation sites excluding steroid dienone is 12. The summed E-state index contributed by atoms with van der Waals surface area (Å²) in [6.07, 6.45) is 74.4. The number of carbonyl (C=O) groups excluding carboxylic acids is 4. The van der Waals surface area contributed by atoms with Crippen molar-refractivity contribution in [2.24, 2.45) is 0 Å². The zero-order valence-corrected chi connectivity index (χ0v) is 65.4. The van der Waals surface area contributed by atoms with Crippen molar-refractivity contribution in [2.75, 3.05) is 39.6 Å². The molecule has 100 heavy (non-hydrogen) atoms. The van der Waals surface area contributed by atoms with Gasteiger partial charge in [0.2, 0.25) is 0 Å². The summed E-state index contributed by atoms with van der Waals surface area (Å²) in [7, 11) is -9.95. The van der Waals surface area contributed by atoms with Crippen LogP contribution in [0.25, 0.3) is 0 Å². The van der Waals surface area contributed by atoms with E-state index in [0.29, 0.717) is 25.7 Å². The number of hydrogen-bond acceptors (Lipinski definition) is 15. The standard InChI is InChI=1S/C81H146O17P2/c1-5-9-13-17-21-25-29-33-36-37-40-43-46-50-54-58-62-66-79(84)92-71-76(97-80(85)67-63-59-55-51-47-41-32-28-24-20-16-12-8-4)73-95-99(87,88)93-69-75(82)70-94-100(89,90)96-74-77(98-81(86)68-64-60-56-52-48-44-39-35-31-27-23-19-15-11-7-3)72-91-78(83)65-61-57-53-49-45-42-38-34-30-26-22-18-14-10-6-2/h9,13,21-22,25-26,33-34,36,38,40,43,75-77,82H,5-8,10-12,14-20,23-24,27-32,35,37,39,41-42,44-74H2,1-4H3,(H,87,88)(H,89,90)/b13-9-,25-21-,26-22-,36-33-,38-34-,43-40-. The van der Waals surface area contributed by atoms with Crippen molar-refractivity contribution in [1.82, 2.24) is 0 Å². The fraction of sp³-hybridized carbons (Fsp3) is 0.802. The molecule has 0 saturated heterocycles. The number of aliphatic hydroxyl groups is 1. The first-order valence-corrected chi connectivity index (χ1v) is 43.2. The fourth-order valence-corrected chi connectivity index (χ4v) is 12.6. The summed E-state index contributed by atoms with van der Waals surface area (Å²) in [5.41, 5.74) is 0. The summed E-state index contributed by atoms with van der Waals surface area (Å²) in [6, 6.07) is 0. The Morgan fingerprint density at radius 2 is 0.520 bits per heavy atom. The van der Waals surface area contributed by atoms with E-state index in [1.807, 2.05) is 0 Å². The fourth-order valence-electron chi connectivity index (χ4n) is 11.1. The van der Waals surface area contributed by atoms with E-state index in [1.54, 1.807) is 0 Å². The Balaban J connectivity index is 5.34. The van der Waals surface area contributed by atoms with E-state index in [1.165, 1.54) is 135 Å². The smallest absolute Gasteiger partial charge is 0.462 e. The second kappa shape index (κ2) is 73.8. The van der Waals surface area contributed by atoms with Gasteiger partial charge >= 0.3 is 39.5 Å². The minimum Gasteiger partial charge on any atom is -0.462 e. The Hall–Kier alpha value is -3.50. The van der Waals surface area contributed by atoms with Gasteiger partial charge in [-0.05, 0) is 96.3 Å². The molecular formula is C81H146O17P2. The topological polar surface area (TPSA) is 237 Å². The third kappa shape index (κ3) is 72.8. The molecule has 0 heterocycles. The number of aliphatic hydroxyl groups excluding tert-OH is 1. The van der Waals surface area contributed by atoms with E-state index < -0.39 is 97.5 Å². The zero-order chi connectivity index (χ0) is 73.2. The number of ether oxygens (including phenoxy) is 4. The van der Waals surface area contributed by atoms with Crippen LogP contribution in [0, 0.1) is 0 Å². The van der Waals surface area contributed by atoms with Crippen LogP contribution in [0.2, 0.25) is 0 Å². The number of rotatable bonds is 76. The molecule has 0 amide bonds. The Labute approximate surface area is 609 Å². The largest absolute Gasteiger partial charge is 0.472 e. The van der Waals surface area contributed by atoms with Crippen molar-refractivity contribution < 1.29 is 80.2 Å². The molecule has 0 saturated carbocycles. The van der Waals surface area contributed by atoms with Gasteiger partial charge in [0.15, 0.2) is 12.2 Å². The Morgan fingerprint density at radius 1 is 0.290 bits per heavy atom. The van der Waals surface area contributed by atoms with E-state index >= 15 is 0 Å². The Kier molecular flexibility index (Phi) is 71.2. The van der Waals surface area contributed by atoms with Gasteiger partial charge in [-0.2, -0.15) is 0 Å². The molecule has 0 rings (SSSR count). The van der Waals surface area contributed by atoms with E-state index in [2.05, 4.69) is 101 Å². The molecule has 19 heteroatoms. The van der Waals surface area contributed by atoms with Crippen molar-refractivity contribution in [3.8, 4) is 0 Å². The summed E-state index contributed by atoms with van der Waals surface area (Å²) < 4.78 is 68.6. The number of hydrogen-bond donors (Lipinski definition) is 3. The van der Waals surface area contributed by atoms with Gasteiger partial charge in [-0.15, -0.1) is 0 Å². The van der Waals surface area contributed by atoms with E-state index in [9.17, 15) is 43.2 Å². The van der Waals surface area contributed by atoms with Crippen LogP contribution in [0.5, 0.6) is 0 Å². The van der Waals surface area contributed by atoms with Gasteiger partial charge in [-0.3, -0.25) is 37.3 Å². The lowest BCUT2D eigenvalue weighted by Crippen LogP contribution is -2.30. The van der Waals surface area contributed by atoms with Gasteiger partial charge in [-0.25, -0.2) is 9.13 Å². The number of phosphoric acid groups is 2. The third-order valence-electron chi connectivity index (χ3n) is 17.2. The molecule has 0 aliphatic heterocycles. The molecule has 0 spiro atoms.